The van der Waals surface area contributed by atoms with Gasteiger partial charge in [-0.15, -0.1) is 0 Å². The number of β-amino-alcohol motifs (C(OH)–C–C–N with tert-alkyl or cyclic N) is 1. The largest absolute Gasteiger partial charge is 0.417 e. The van der Waals surface area contributed by atoms with Crippen LogP contribution in [0.15, 0.2) is 23.1 Å². The van der Waals surface area contributed by atoms with Crippen molar-refractivity contribution < 1.29 is 26.7 Å². The van der Waals surface area contributed by atoms with Gasteiger partial charge in [-0.1, -0.05) is 0 Å². The molecule has 1 aliphatic rings. The van der Waals surface area contributed by atoms with Crippen molar-refractivity contribution in [1.29, 1.82) is 0 Å². The maximum absolute atomic E-state index is 12.9. The number of sulfonamides is 1. The van der Waals surface area contributed by atoms with Crippen LogP contribution in [0.4, 0.5) is 18.9 Å². The average Bonchev–Trinajstić information content (AvgIpc) is 2.73. The van der Waals surface area contributed by atoms with Crippen molar-refractivity contribution in [3.8, 4) is 0 Å². The molecule has 1 atom stereocenters. The van der Waals surface area contributed by atoms with Gasteiger partial charge in [0, 0.05) is 18.8 Å². The molecule has 1 heterocycles. The summed E-state index contributed by atoms with van der Waals surface area (Å²) in [6, 6.07) is 2.85. The highest BCUT2D eigenvalue weighted by Crippen LogP contribution is 2.36. The summed E-state index contributed by atoms with van der Waals surface area (Å²) in [6.07, 6.45) is -4.96. The van der Waals surface area contributed by atoms with Gasteiger partial charge in [0.25, 0.3) is 0 Å². The van der Waals surface area contributed by atoms with Crippen molar-refractivity contribution in [2.45, 2.75) is 23.6 Å². The molecule has 0 bridgehead atoms. The summed E-state index contributed by atoms with van der Waals surface area (Å²) in [5.74, 6) is 0. The fourth-order valence-corrected chi connectivity index (χ4v) is 2.90. The lowest BCUT2D eigenvalue weighted by Crippen LogP contribution is -2.23. The maximum Gasteiger partial charge on any atom is 0.417 e. The highest BCUT2D eigenvalue weighted by atomic mass is 32.2. The zero-order valence-electron chi connectivity index (χ0n) is 10.3. The van der Waals surface area contributed by atoms with Gasteiger partial charge in [0.2, 0.25) is 10.0 Å². The van der Waals surface area contributed by atoms with Crippen molar-refractivity contribution in [2.75, 3.05) is 18.0 Å². The number of nitrogens with two attached hydrogens (primary N) is 1. The number of hydrogen-bond donors (Lipinski definition) is 2. The van der Waals surface area contributed by atoms with E-state index in [0.29, 0.717) is 13.0 Å². The third-order valence-electron chi connectivity index (χ3n) is 3.10. The molecule has 0 saturated carbocycles. The lowest BCUT2D eigenvalue weighted by atomic mass is 10.2. The monoisotopic (exact) mass is 310 g/mol. The summed E-state index contributed by atoms with van der Waals surface area (Å²) in [7, 11) is -4.46. The molecule has 1 fully saturated rings. The number of primary sulfonamides is 1. The van der Waals surface area contributed by atoms with Gasteiger partial charge >= 0.3 is 6.18 Å². The Kier molecular flexibility index (Phi) is 3.69. The van der Waals surface area contributed by atoms with Crippen LogP contribution in [0.5, 0.6) is 0 Å². The van der Waals surface area contributed by atoms with E-state index in [9.17, 15) is 26.7 Å². The minimum atomic E-state index is -4.82. The fraction of sp³-hybridized carbons (Fsp3) is 0.455. The maximum atomic E-state index is 12.9. The Balaban J connectivity index is 2.50. The molecule has 2 rings (SSSR count). The Morgan fingerprint density at radius 3 is 2.45 bits per heavy atom. The lowest BCUT2D eigenvalue weighted by Gasteiger charge is -2.20. The van der Waals surface area contributed by atoms with E-state index in [1.165, 1.54) is 6.07 Å². The SMILES string of the molecule is NS(=O)(=O)c1ccc(N2CC[C@H](O)C2)cc1C(F)(F)F. The van der Waals surface area contributed by atoms with E-state index in [1.807, 2.05) is 0 Å². The summed E-state index contributed by atoms with van der Waals surface area (Å²) in [6.45, 7) is 0.624. The molecule has 9 heteroatoms. The predicted octanol–water partition coefficient (Wildman–Crippen LogP) is 0.924. The fourth-order valence-electron chi connectivity index (χ4n) is 2.16. The van der Waals surface area contributed by atoms with E-state index in [1.54, 1.807) is 4.90 Å². The number of aliphatic hydroxyl groups is 1. The van der Waals surface area contributed by atoms with E-state index in [4.69, 9.17) is 5.14 Å². The Morgan fingerprint density at radius 2 is 2.00 bits per heavy atom. The second kappa shape index (κ2) is 4.90. The Labute approximate surface area is 113 Å². The van der Waals surface area contributed by atoms with Crippen molar-refractivity contribution in [3.05, 3.63) is 23.8 Å². The van der Waals surface area contributed by atoms with Crippen LogP contribution < -0.4 is 10.0 Å². The van der Waals surface area contributed by atoms with Crippen LogP contribution >= 0.6 is 0 Å². The van der Waals surface area contributed by atoms with Gasteiger partial charge in [-0.05, 0) is 24.6 Å². The van der Waals surface area contributed by atoms with Crippen LogP contribution in [-0.2, 0) is 16.2 Å². The normalized spacial score (nSPS) is 20.4. The van der Waals surface area contributed by atoms with Crippen molar-refractivity contribution in [1.82, 2.24) is 0 Å². The zero-order valence-corrected chi connectivity index (χ0v) is 11.1. The van der Waals surface area contributed by atoms with E-state index >= 15 is 0 Å². The van der Waals surface area contributed by atoms with E-state index in [2.05, 4.69) is 0 Å². The Hall–Kier alpha value is -1.32. The zero-order chi connectivity index (χ0) is 15.1. The molecule has 0 aromatic heterocycles. The highest BCUT2D eigenvalue weighted by Gasteiger charge is 2.37. The molecule has 1 aromatic rings. The number of hydrogen-bond acceptors (Lipinski definition) is 4. The minimum absolute atomic E-state index is 0.210. The first kappa shape index (κ1) is 15.1. The minimum Gasteiger partial charge on any atom is -0.391 e. The van der Waals surface area contributed by atoms with Crippen LogP contribution in [-0.4, -0.2) is 32.7 Å². The molecular formula is C11H13F3N2O3S. The number of anilines is 1. The summed E-state index contributed by atoms with van der Waals surface area (Å²) >= 11 is 0. The van der Waals surface area contributed by atoms with Crippen LogP contribution in [0, 0.1) is 0 Å². The molecule has 1 aromatic carbocycles. The van der Waals surface area contributed by atoms with E-state index in [0.717, 1.165) is 12.1 Å². The molecule has 0 amide bonds. The molecule has 0 radical (unpaired) electrons. The molecule has 0 unspecified atom stereocenters. The van der Waals surface area contributed by atoms with Crippen LogP contribution in [0.25, 0.3) is 0 Å². The number of alkyl halides is 3. The molecule has 1 saturated heterocycles. The van der Waals surface area contributed by atoms with Crippen LogP contribution in [0.1, 0.15) is 12.0 Å². The van der Waals surface area contributed by atoms with Gasteiger partial charge in [-0.3, -0.25) is 0 Å². The second-order valence-corrected chi connectivity index (χ2v) is 6.14. The van der Waals surface area contributed by atoms with Gasteiger partial charge in [0.15, 0.2) is 0 Å². The molecule has 5 nitrogen and oxygen atoms in total. The van der Waals surface area contributed by atoms with E-state index < -0.39 is 32.8 Å². The summed E-state index contributed by atoms with van der Waals surface area (Å²) < 4.78 is 61.2. The summed E-state index contributed by atoms with van der Waals surface area (Å²) in [4.78, 5) is 0.612. The third-order valence-corrected chi connectivity index (χ3v) is 4.07. The quantitative estimate of drug-likeness (QED) is 0.851. The topological polar surface area (TPSA) is 83.6 Å². The standard InChI is InChI=1S/C11H13F3N2O3S/c12-11(13,14)9-5-7(16-4-3-8(17)6-16)1-2-10(9)20(15,18)19/h1-2,5,8,17H,3-4,6H2,(H2,15,18,19)/t8-/m0/s1. The second-order valence-electron chi connectivity index (χ2n) is 4.61. The summed E-state index contributed by atoms with van der Waals surface area (Å²) in [5, 5.41) is 14.2. The first-order valence-electron chi connectivity index (χ1n) is 5.76. The number of rotatable bonds is 2. The van der Waals surface area contributed by atoms with E-state index in [-0.39, 0.29) is 12.2 Å². The average molecular weight is 310 g/mol. The van der Waals surface area contributed by atoms with Gasteiger partial charge in [-0.25, -0.2) is 13.6 Å². The van der Waals surface area contributed by atoms with Gasteiger partial charge in [0.1, 0.15) is 0 Å². The highest BCUT2D eigenvalue weighted by molar-refractivity contribution is 7.89. The number of nitrogens with zero attached hydrogens (tertiary/aromatic N) is 1. The molecule has 1 aliphatic heterocycles. The molecular weight excluding hydrogens is 297 g/mol. The lowest BCUT2D eigenvalue weighted by molar-refractivity contribution is -0.139. The van der Waals surface area contributed by atoms with Crippen LogP contribution in [0.2, 0.25) is 0 Å². The molecule has 0 aliphatic carbocycles. The first-order chi connectivity index (χ1) is 9.09. The predicted molar refractivity (Wildman–Crippen MR) is 65.7 cm³/mol. The first-order valence-corrected chi connectivity index (χ1v) is 7.31. The number of aliphatic hydroxyl groups excluding tert-OH is 1. The van der Waals surface area contributed by atoms with Gasteiger partial charge in [-0.2, -0.15) is 13.2 Å². The molecule has 20 heavy (non-hydrogen) atoms. The molecule has 112 valence electrons. The number of benzene rings is 1. The number of halogens is 3. The van der Waals surface area contributed by atoms with Crippen LogP contribution in [0.3, 0.4) is 0 Å². The summed E-state index contributed by atoms with van der Waals surface area (Å²) in [5.41, 5.74) is -1.08. The molecule has 0 spiro atoms. The van der Waals surface area contributed by atoms with Crippen molar-refractivity contribution in [2.24, 2.45) is 5.14 Å². The van der Waals surface area contributed by atoms with Gasteiger partial charge < -0.3 is 10.0 Å². The third kappa shape index (κ3) is 3.05. The Bertz CT molecular complexity index is 616. The van der Waals surface area contributed by atoms with Crippen molar-refractivity contribution in [3.63, 3.8) is 0 Å². The van der Waals surface area contributed by atoms with Gasteiger partial charge in [0.05, 0.1) is 16.6 Å². The molecule has 3 N–H and O–H groups in total. The Morgan fingerprint density at radius 1 is 1.35 bits per heavy atom. The van der Waals surface area contributed by atoms with Crippen molar-refractivity contribution >= 4 is 15.7 Å². The smallest absolute Gasteiger partial charge is 0.391 e.